The van der Waals surface area contributed by atoms with E-state index in [1.807, 2.05) is 43.3 Å². The highest BCUT2D eigenvalue weighted by molar-refractivity contribution is 6.34. The fourth-order valence-corrected chi connectivity index (χ4v) is 8.26. The van der Waals surface area contributed by atoms with Crippen molar-refractivity contribution in [2.24, 2.45) is 17.8 Å². The number of rotatable bonds is 15. The summed E-state index contributed by atoms with van der Waals surface area (Å²) < 4.78 is 6.99. The summed E-state index contributed by atoms with van der Waals surface area (Å²) in [6.07, 6.45) is 6.78. The molecule has 246 valence electrons. The molecule has 0 saturated carbocycles. The van der Waals surface area contributed by atoms with Crippen molar-refractivity contribution in [2.75, 3.05) is 31.1 Å². The first-order chi connectivity index (χ1) is 22.1. The van der Waals surface area contributed by atoms with E-state index in [1.165, 1.54) is 0 Å². The number of carbonyl (C=O) groups is 3. The van der Waals surface area contributed by atoms with Gasteiger partial charge in [-0.1, -0.05) is 86.0 Å². The summed E-state index contributed by atoms with van der Waals surface area (Å²) >= 11 is 6.61. The Bertz CT molecular complexity index is 1450. The van der Waals surface area contributed by atoms with E-state index < -0.39 is 29.1 Å². The van der Waals surface area contributed by atoms with Gasteiger partial charge in [0.25, 0.3) is 5.91 Å². The summed E-state index contributed by atoms with van der Waals surface area (Å²) in [7, 11) is 0. The number of para-hydroxylation sites is 1. The summed E-state index contributed by atoms with van der Waals surface area (Å²) in [6, 6.07) is 16.0. The van der Waals surface area contributed by atoms with Gasteiger partial charge in [-0.2, -0.15) is 0 Å². The Kier molecular flexibility index (Phi) is 10.4. The van der Waals surface area contributed by atoms with Crippen molar-refractivity contribution in [2.45, 2.75) is 69.7 Å². The lowest BCUT2D eigenvalue weighted by Gasteiger charge is -2.39. The van der Waals surface area contributed by atoms with Gasteiger partial charge in [0.15, 0.2) is 0 Å². The summed E-state index contributed by atoms with van der Waals surface area (Å²) in [6.45, 7) is 13.1. The molecule has 9 heteroatoms. The minimum absolute atomic E-state index is 0.0826. The second kappa shape index (κ2) is 14.1. The topological polar surface area (TPSA) is 90.4 Å². The molecule has 0 radical (unpaired) electrons. The molecule has 2 aromatic carbocycles. The molecule has 8 nitrogen and oxygen atoms in total. The molecule has 0 aromatic heterocycles. The van der Waals surface area contributed by atoms with Crippen LogP contribution >= 0.6 is 11.6 Å². The minimum atomic E-state index is -1.18. The van der Waals surface area contributed by atoms with Crippen LogP contribution in [-0.2, 0) is 25.7 Å². The normalized spacial score (nSPS) is 27.8. The van der Waals surface area contributed by atoms with Crippen LogP contribution in [0.2, 0.25) is 5.02 Å². The average Bonchev–Trinajstić information content (AvgIpc) is 3.56. The molecule has 3 aliphatic rings. The number of hydrogen-bond acceptors (Lipinski definition) is 5. The van der Waals surface area contributed by atoms with E-state index in [9.17, 15) is 19.5 Å². The summed E-state index contributed by atoms with van der Waals surface area (Å²) in [5, 5.41) is 9.68. The van der Waals surface area contributed by atoms with Crippen molar-refractivity contribution >= 4 is 35.0 Å². The third-order valence-electron chi connectivity index (χ3n) is 10.2. The number of aliphatic hydroxyl groups is 1. The Hall–Kier alpha value is -3.46. The van der Waals surface area contributed by atoms with Gasteiger partial charge >= 0.3 is 0 Å². The molecule has 3 heterocycles. The molecule has 3 unspecified atom stereocenters. The Morgan fingerprint density at radius 2 is 1.70 bits per heavy atom. The van der Waals surface area contributed by atoms with E-state index >= 15 is 0 Å². The van der Waals surface area contributed by atoms with E-state index in [1.54, 1.807) is 45.1 Å². The number of unbranched alkanes of at least 4 members (excludes halogenated alkanes) is 3. The van der Waals surface area contributed by atoms with Gasteiger partial charge in [-0.15, -0.1) is 13.2 Å². The van der Waals surface area contributed by atoms with Crippen LogP contribution in [0.1, 0.15) is 51.5 Å². The average molecular weight is 648 g/mol. The number of ether oxygens (including phenoxy) is 1. The summed E-state index contributed by atoms with van der Waals surface area (Å²) in [5.41, 5.74) is -0.609. The molecule has 1 N–H and O–H groups in total. The van der Waals surface area contributed by atoms with Crippen LogP contribution < -0.4 is 4.90 Å². The predicted octanol–water partition coefficient (Wildman–Crippen LogP) is 5.64. The standard InChI is InChI=1S/C37H46ClN3O5/c1-5-20-39(25-27-16-10-9-11-17-27)33(43)30-31-34(44)41(22-14-7-8-15-23-42)32(37(31)24-26(3)36(30,4)46-37)35(45)40(21-6-2)29-19-13-12-18-28(29)38/h5-6,9-13,16-19,26,30-32,42H,1-2,7-8,14-15,20-25H2,3-4H3/t26?,30-,31-,32?,36+,37?/m0/s1. The third kappa shape index (κ3) is 5.91. The maximum absolute atomic E-state index is 14.9. The van der Waals surface area contributed by atoms with Crippen LogP contribution in [-0.4, -0.2) is 76.1 Å². The van der Waals surface area contributed by atoms with E-state index in [-0.39, 0.29) is 36.8 Å². The largest absolute Gasteiger partial charge is 0.396 e. The van der Waals surface area contributed by atoms with Crippen molar-refractivity contribution < 1.29 is 24.2 Å². The molecule has 3 saturated heterocycles. The van der Waals surface area contributed by atoms with Crippen LogP contribution in [0.4, 0.5) is 5.69 Å². The number of fused-ring (bicyclic) bond motifs is 1. The van der Waals surface area contributed by atoms with Gasteiger partial charge < -0.3 is 24.5 Å². The monoisotopic (exact) mass is 647 g/mol. The van der Waals surface area contributed by atoms with Gasteiger partial charge in [0.2, 0.25) is 11.8 Å². The molecular formula is C37H46ClN3O5. The smallest absolute Gasteiger partial charge is 0.253 e. The summed E-state index contributed by atoms with van der Waals surface area (Å²) in [4.78, 5) is 49.2. The van der Waals surface area contributed by atoms with Gasteiger partial charge in [0.1, 0.15) is 11.6 Å². The second-order valence-electron chi connectivity index (χ2n) is 13.1. The Balaban J connectivity index is 1.56. The van der Waals surface area contributed by atoms with Crippen molar-refractivity contribution in [1.29, 1.82) is 0 Å². The number of nitrogens with zero attached hydrogens (tertiary/aromatic N) is 3. The molecule has 3 aliphatic heterocycles. The molecule has 1 spiro atoms. The number of anilines is 1. The highest BCUT2D eigenvalue weighted by Gasteiger charge is 2.80. The van der Waals surface area contributed by atoms with Crippen LogP contribution in [0.5, 0.6) is 0 Å². The van der Waals surface area contributed by atoms with Crippen LogP contribution in [0.25, 0.3) is 0 Å². The first kappa shape index (κ1) is 33.9. The van der Waals surface area contributed by atoms with Crippen molar-refractivity contribution in [3.63, 3.8) is 0 Å². The van der Waals surface area contributed by atoms with Gasteiger partial charge in [-0.05, 0) is 49.8 Å². The zero-order valence-corrected chi connectivity index (χ0v) is 27.7. The number of hydrogen-bond donors (Lipinski definition) is 1. The lowest BCUT2D eigenvalue weighted by Crippen LogP contribution is -2.57. The lowest BCUT2D eigenvalue weighted by molar-refractivity contribution is -0.151. The molecule has 2 bridgehead atoms. The van der Waals surface area contributed by atoms with Crippen LogP contribution in [0.3, 0.4) is 0 Å². The quantitative estimate of drug-likeness (QED) is 0.200. The van der Waals surface area contributed by atoms with Gasteiger partial charge in [-0.25, -0.2) is 0 Å². The molecule has 3 amide bonds. The fourth-order valence-electron chi connectivity index (χ4n) is 8.03. The highest BCUT2D eigenvalue weighted by Crippen LogP contribution is 2.65. The second-order valence-corrected chi connectivity index (χ2v) is 13.5. The maximum atomic E-state index is 14.9. The number of amides is 3. The zero-order valence-electron chi connectivity index (χ0n) is 26.9. The fraction of sp³-hybridized carbons (Fsp3) is 0.486. The Labute approximate surface area is 277 Å². The van der Waals surface area contributed by atoms with Crippen molar-refractivity contribution in [3.05, 3.63) is 90.5 Å². The summed E-state index contributed by atoms with van der Waals surface area (Å²) in [5.74, 6) is -2.34. The van der Waals surface area contributed by atoms with Crippen LogP contribution in [0, 0.1) is 17.8 Å². The van der Waals surface area contributed by atoms with Crippen molar-refractivity contribution in [3.8, 4) is 0 Å². The number of halogens is 1. The highest BCUT2D eigenvalue weighted by atomic mass is 35.5. The predicted molar refractivity (Wildman–Crippen MR) is 180 cm³/mol. The first-order valence-corrected chi connectivity index (χ1v) is 16.7. The molecular weight excluding hydrogens is 602 g/mol. The van der Waals surface area contributed by atoms with E-state index in [0.717, 1.165) is 18.4 Å². The zero-order chi connectivity index (χ0) is 33.1. The van der Waals surface area contributed by atoms with Gasteiger partial charge in [0.05, 0.1) is 28.1 Å². The van der Waals surface area contributed by atoms with Crippen molar-refractivity contribution in [1.82, 2.24) is 9.80 Å². The number of aliphatic hydroxyl groups excluding tert-OH is 1. The molecule has 5 rings (SSSR count). The number of likely N-dealkylation sites (tertiary alicyclic amines) is 1. The van der Waals surface area contributed by atoms with E-state index in [2.05, 4.69) is 20.1 Å². The SMILES string of the molecule is C=CCN(Cc1ccccc1)C(=O)[C@@H]1[C@H]2C(=O)N(CCCCCCO)C(C(=O)N(CC=C)c3ccccc3Cl)C23CC(C)[C@@]1(C)O3. The molecule has 2 aromatic rings. The molecule has 6 atom stereocenters. The number of benzene rings is 2. The molecule has 46 heavy (non-hydrogen) atoms. The third-order valence-corrected chi connectivity index (χ3v) is 10.5. The molecule has 0 aliphatic carbocycles. The van der Waals surface area contributed by atoms with Gasteiger partial charge in [0, 0.05) is 32.8 Å². The number of carbonyl (C=O) groups excluding carboxylic acids is 3. The van der Waals surface area contributed by atoms with Crippen LogP contribution in [0.15, 0.2) is 79.9 Å². The first-order valence-electron chi connectivity index (χ1n) is 16.4. The van der Waals surface area contributed by atoms with Gasteiger partial charge in [-0.3, -0.25) is 14.4 Å². The van der Waals surface area contributed by atoms with E-state index in [4.69, 9.17) is 16.3 Å². The minimum Gasteiger partial charge on any atom is -0.396 e. The molecule has 3 fully saturated rings. The van der Waals surface area contributed by atoms with E-state index in [0.29, 0.717) is 49.6 Å². The Morgan fingerprint density at radius 3 is 2.37 bits per heavy atom. The Morgan fingerprint density at radius 1 is 1.02 bits per heavy atom. The lowest BCUT2D eigenvalue weighted by atomic mass is 9.62. The maximum Gasteiger partial charge on any atom is 0.253 e.